The first-order chi connectivity index (χ1) is 6.99. The van der Waals surface area contributed by atoms with E-state index in [2.05, 4.69) is 23.8 Å². The van der Waals surface area contributed by atoms with Gasteiger partial charge in [0.15, 0.2) is 5.76 Å². The van der Waals surface area contributed by atoms with E-state index in [9.17, 15) is 0 Å². The largest absolute Gasteiger partial charge is 0.461 e. The highest BCUT2D eigenvalue weighted by molar-refractivity contribution is 5.91. The van der Waals surface area contributed by atoms with Gasteiger partial charge in [-0.25, -0.2) is 0 Å². The van der Waals surface area contributed by atoms with Gasteiger partial charge in [0.2, 0.25) is 0 Å². The molecule has 1 aromatic heterocycles. The minimum atomic E-state index is -0.240. The second-order valence-electron chi connectivity index (χ2n) is 4.73. The Bertz CT molecular complexity index is 425. The number of rotatable bonds is 1. The van der Waals surface area contributed by atoms with Crippen LogP contribution in [0, 0.1) is 0 Å². The third-order valence-corrected chi connectivity index (χ3v) is 2.47. The predicted octanol–water partition coefficient (Wildman–Crippen LogP) is 3.32. The molecule has 1 aliphatic rings. The first-order valence-electron chi connectivity index (χ1n) is 5.21. The summed E-state index contributed by atoms with van der Waals surface area (Å²) in [4.78, 5) is 8.88. The molecule has 3 heteroatoms. The number of aliphatic imine (C=N–C) groups is 2. The van der Waals surface area contributed by atoms with Gasteiger partial charge < -0.3 is 4.42 Å². The number of hydrogen-bond donors (Lipinski definition) is 0. The molecule has 0 saturated heterocycles. The summed E-state index contributed by atoms with van der Waals surface area (Å²) in [6, 6.07) is 0. The molecule has 0 amide bonds. The van der Waals surface area contributed by atoms with Crippen LogP contribution < -0.4 is 0 Å². The Morgan fingerprint density at radius 2 is 2.07 bits per heavy atom. The lowest BCUT2D eigenvalue weighted by Crippen LogP contribution is -2.17. The van der Waals surface area contributed by atoms with E-state index >= 15 is 0 Å². The fourth-order valence-electron chi connectivity index (χ4n) is 1.50. The third-order valence-electron chi connectivity index (χ3n) is 2.47. The van der Waals surface area contributed by atoms with Crippen molar-refractivity contribution < 1.29 is 4.42 Å². The lowest BCUT2D eigenvalue weighted by Gasteiger charge is -2.10. The van der Waals surface area contributed by atoms with E-state index in [1.165, 1.54) is 0 Å². The molecule has 0 N–H and O–H groups in total. The molecule has 0 unspecified atom stereocenters. The summed E-state index contributed by atoms with van der Waals surface area (Å²) < 4.78 is 5.46. The first-order valence-corrected chi connectivity index (χ1v) is 5.21. The molecule has 3 nitrogen and oxygen atoms in total. The Balaban J connectivity index is 2.51. The van der Waals surface area contributed by atoms with Gasteiger partial charge in [0.25, 0.3) is 0 Å². The van der Waals surface area contributed by atoms with Crippen LogP contribution in [0.25, 0.3) is 0 Å². The lowest BCUT2D eigenvalue weighted by atomic mass is 10.1. The zero-order chi connectivity index (χ0) is 11.1. The Morgan fingerprint density at radius 1 is 1.33 bits per heavy atom. The summed E-state index contributed by atoms with van der Waals surface area (Å²) in [5.74, 6) is 1.18. The van der Waals surface area contributed by atoms with Crippen LogP contribution in [0.15, 0.2) is 20.7 Å². The number of furan rings is 1. The minimum Gasteiger partial charge on any atom is -0.461 e. The quantitative estimate of drug-likeness (QED) is 0.691. The van der Waals surface area contributed by atoms with Crippen molar-refractivity contribution >= 4 is 18.1 Å². The lowest BCUT2D eigenvalue weighted by molar-refractivity contribution is 0.554. The van der Waals surface area contributed by atoms with Crippen LogP contribution in [0.2, 0.25) is 0 Å². The van der Waals surface area contributed by atoms with Crippen LogP contribution in [0.4, 0.5) is 5.69 Å². The van der Waals surface area contributed by atoms with Crippen molar-refractivity contribution in [2.24, 2.45) is 9.98 Å². The molecular formula is C12H16N2O. The number of hydrogen-bond acceptors (Lipinski definition) is 3. The number of nitrogens with zero attached hydrogens (tertiary/aromatic N) is 2. The molecule has 0 radical (unpaired) electrons. The van der Waals surface area contributed by atoms with Crippen molar-refractivity contribution in [1.29, 1.82) is 0 Å². The van der Waals surface area contributed by atoms with E-state index in [1.54, 1.807) is 12.5 Å². The van der Waals surface area contributed by atoms with Crippen LogP contribution in [0.3, 0.4) is 0 Å². The Labute approximate surface area is 89.9 Å². The fourth-order valence-corrected chi connectivity index (χ4v) is 1.50. The van der Waals surface area contributed by atoms with E-state index in [0.717, 1.165) is 17.0 Å². The molecule has 1 aromatic rings. The van der Waals surface area contributed by atoms with Gasteiger partial charge in [0.1, 0.15) is 5.69 Å². The molecular weight excluding hydrogens is 188 g/mol. The molecule has 2 heterocycles. The summed E-state index contributed by atoms with van der Waals surface area (Å²) in [6.45, 7) is 8.31. The van der Waals surface area contributed by atoms with E-state index in [1.807, 2.05) is 20.1 Å². The highest BCUT2D eigenvalue weighted by atomic mass is 16.3. The van der Waals surface area contributed by atoms with Crippen LogP contribution in [-0.4, -0.2) is 18.0 Å². The smallest absolute Gasteiger partial charge is 0.170 e. The van der Waals surface area contributed by atoms with Gasteiger partial charge in [0, 0.05) is 11.8 Å². The molecule has 15 heavy (non-hydrogen) atoms. The van der Waals surface area contributed by atoms with E-state index in [4.69, 9.17) is 4.42 Å². The van der Waals surface area contributed by atoms with Gasteiger partial charge in [-0.1, -0.05) is 13.8 Å². The SMILES string of the molecule is CC(C)c1coc2c1N=CC(C)(C)N=C2. The van der Waals surface area contributed by atoms with Gasteiger partial charge in [-0.15, -0.1) is 0 Å². The molecule has 0 fully saturated rings. The fraction of sp³-hybridized carbons (Fsp3) is 0.500. The zero-order valence-electron chi connectivity index (χ0n) is 9.61. The maximum atomic E-state index is 5.46. The van der Waals surface area contributed by atoms with Crippen LogP contribution in [-0.2, 0) is 0 Å². The summed E-state index contributed by atoms with van der Waals surface area (Å²) in [7, 11) is 0. The second-order valence-corrected chi connectivity index (χ2v) is 4.73. The third kappa shape index (κ3) is 1.87. The van der Waals surface area contributed by atoms with Crippen LogP contribution in [0.1, 0.15) is 44.9 Å². The van der Waals surface area contributed by atoms with Crippen LogP contribution >= 0.6 is 0 Å². The Morgan fingerprint density at radius 3 is 2.73 bits per heavy atom. The second kappa shape index (κ2) is 3.33. The van der Waals surface area contributed by atoms with Crippen molar-refractivity contribution in [3.63, 3.8) is 0 Å². The van der Waals surface area contributed by atoms with Gasteiger partial charge in [-0.2, -0.15) is 0 Å². The highest BCUT2D eigenvalue weighted by Gasteiger charge is 2.20. The first kappa shape index (κ1) is 10.1. The topological polar surface area (TPSA) is 37.9 Å². The maximum absolute atomic E-state index is 5.46. The summed E-state index contributed by atoms with van der Waals surface area (Å²) in [5, 5.41) is 0. The Hall–Kier alpha value is -1.38. The van der Waals surface area contributed by atoms with E-state index in [-0.39, 0.29) is 5.54 Å². The van der Waals surface area contributed by atoms with Crippen LogP contribution in [0.5, 0.6) is 0 Å². The van der Waals surface area contributed by atoms with Gasteiger partial charge in [0.05, 0.1) is 18.0 Å². The van der Waals surface area contributed by atoms with E-state index in [0.29, 0.717) is 5.92 Å². The van der Waals surface area contributed by atoms with Gasteiger partial charge in [-0.05, 0) is 19.8 Å². The number of fused-ring (bicyclic) bond motifs is 1. The molecule has 0 aromatic carbocycles. The molecule has 0 aliphatic carbocycles. The molecule has 80 valence electrons. The molecule has 0 spiro atoms. The molecule has 0 atom stereocenters. The molecule has 2 rings (SSSR count). The summed E-state index contributed by atoms with van der Waals surface area (Å²) in [6.07, 6.45) is 5.42. The molecule has 1 aliphatic heterocycles. The van der Waals surface area contributed by atoms with Gasteiger partial charge in [-0.3, -0.25) is 9.98 Å². The average Bonchev–Trinajstić information content (AvgIpc) is 2.49. The normalized spacial score (nSPS) is 17.9. The zero-order valence-corrected chi connectivity index (χ0v) is 9.61. The van der Waals surface area contributed by atoms with Crippen molar-refractivity contribution in [1.82, 2.24) is 0 Å². The van der Waals surface area contributed by atoms with Crippen molar-refractivity contribution in [3.05, 3.63) is 17.6 Å². The Kier molecular flexibility index (Phi) is 2.25. The van der Waals surface area contributed by atoms with Crippen molar-refractivity contribution in [2.45, 2.75) is 39.2 Å². The highest BCUT2D eigenvalue weighted by Crippen LogP contribution is 2.33. The maximum Gasteiger partial charge on any atom is 0.170 e. The van der Waals surface area contributed by atoms with E-state index < -0.39 is 0 Å². The minimum absolute atomic E-state index is 0.240. The van der Waals surface area contributed by atoms with Gasteiger partial charge >= 0.3 is 0 Å². The standard InChI is InChI=1S/C12H16N2O/c1-8(2)9-6-15-10-5-14-12(3,4)7-13-11(9)10/h5-8H,1-4H3. The predicted molar refractivity (Wildman–Crippen MR) is 62.6 cm³/mol. The summed E-state index contributed by atoms with van der Waals surface area (Å²) in [5.41, 5.74) is 1.83. The monoisotopic (exact) mass is 204 g/mol. The molecule has 0 saturated carbocycles. The average molecular weight is 204 g/mol. The van der Waals surface area contributed by atoms with Crippen molar-refractivity contribution in [3.8, 4) is 0 Å². The van der Waals surface area contributed by atoms with Crippen molar-refractivity contribution in [2.75, 3.05) is 0 Å². The molecule has 0 bridgehead atoms. The summed E-state index contributed by atoms with van der Waals surface area (Å²) >= 11 is 0.